The van der Waals surface area contributed by atoms with Crippen molar-refractivity contribution in [1.82, 2.24) is 10.2 Å². The third-order valence-electron chi connectivity index (χ3n) is 5.22. The van der Waals surface area contributed by atoms with Crippen LogP contribution in [0.3, 0.4) is 0 Å². The fourth-order valence-corrected chi connectivity index (χ4v) is 3.90. The summed E-state index contributed by atoms with van der Waals surface area (Å²) in [5.41, 5.74) is 5.68. The molecule has 1 saturated heterocycles. The number of amides is 3. The number of carbonyl (C=O) groups is 2. The summed E-state index contributed by atoms with van der Waals surface area (Å²) in [6.07, 6.45) is 3.28. The Morgan fingerprint density at radius 1 is 1.12 bits per heavy atom. The smallest absolute Gasteiger partial charge is 0.313 e. The van der Waals surface area contributed by atoms with Gasteiger partial charge >= 0.3 is 6.03 Å². The molecule has 0 radical (unpaired) electrons. The molecule has 124 valence electrons. The Balaban J connectivity index is 1.68. The first kappa shape index (κ1) is 15.0. The third-order valence-corrected chi connectivity index (χ3v) is 5.22. The molecule has 3 amide bonds. The van der Waals surface area contributed by atoms with E-state index in [0.717, 1.165) is 19.4 Å². The van der Waals surface area contributed by atoms with Gasteiger partial charge in [-0.1, -0.05) is 42.5 Å². The van der Waals surface area contributed by atoms with Crippen LogP contribution in [0.15, 0.2) is 42.5 Å². The number of rotatable bonds is 3. The van der Waals surface area contributed by atoms with Crippen LogP contribution in [0.5, 0.6) is 0 Å². The number of urea groups is 1. The summed E-state index contributed by atoms with van der Waals surface area (Å²) in [6.45, 7) is 0.731. The van der Waals surface area contributed by atoms with Crippen LogP contribution < -0.4 is 11.1 Å². The second kappa shape index (κ2) is 5.51. The van der Waals surface area contributed by atoms with E-state index in [1.807, 2.05) is 23.1 Å². The molecule has 0 bridgehead atoms. The van der Waals surface area contributed by atoms with Crippen LogP contribution in [0.2, 0.25) is 0 Å². The maximum absolute atomic E-state index is 13.0. The predicted octanol–water partition coefficient (Wildman–Crippen LogP) is 2.70. The first-order valence-electron chi connectivity index (χ1n) is 8.47. The Labute approximate surface area is 140 Å². The number of nitrogens with zero attached hydrogens (tertiary/aromatic N) is 1. The van der Waals surface area contributed by atoms with Crippen LogP contribution in [-0.2, 0) is 4.79 Å². The molecule has 2 aliphatic rings. The van der Waals surface area contributed by atoms with E-state index in [-0.39, 0.29) is 11.9 Å². The van der Waals surface area contributed by atoms with Crippen LogP contribution in [0.1, 0.15) is 37.3 Å². The normalized spacial score (nSPS) is 21.7. The molecule has 3 N–H and O–H groups in total. The largest absolute Gasteiger partial charge is 0.352 e. The summed E-state index contributed by atoms with van der Waals surface area (Å²) in [7, 11) is 0. The van der Waals surface area contributed by atoms with E-state index in [0.29, 0.717) is 12.8 Å². The zero-order valence-corrected chi connectivity index (χ0v) is 13.5. The van der Waals surface area contributed by atoms with Crippen molar-refractivity contribution in [3.05, 3.63) is 48.0 Å². The number of primary amides is 1. The van der Waals surface area contributed by atoms with Gasteiger partial charge in [0.15, 0.2) is 0 Å². The fourth-order valence-electron chi connectivity index (χ4n) is 3.90. The number of fused-ring (bicyclic) bond motifs is 1. The maximum atomic E-state index is 13.0. The quantitative estimate of drug-likeness (QED) is 0.911. The molecule has 0 unspecified atom stereocenters. The van der Waals surface area contributed by atoms with Crippen LogP contribution in [0, 0.1) is 0 Å². The van der Waals surface area contributed by atoms with Crippen molar-refractivity contribution in [2.75, 3.05) is 6.54 Å². The summed E-state index contributed by atoms with van der Waals surface area (Å²) in [5, 5.41) is 5.04. The van der Waals surface area contributed by atoms with E-state index in [9.17, 15) is 9.59 Å². The van der Waals surface area contributed by atoms with Crippen molar-refractivity contribution in [2.45, 2.75) is 37.3 Å². The molecular formula is C19H21N3O2. The van der Waals surface area contributed by atoms with Crippen molar-refractivity contribution >= 4 is 22.7 Å². The minimum Gasteiger partial charge on any atom is -0.352 e. The van der Waals surface area contributed by atoms with E-state index in [1.54, 1.807) is 0 Å². The maximum Gasteiger partial charge on any atom is 0.313 e. The lowest BCUT2D eigenvalue weighted by Gasteiger charge is -2.30. The van der Waals surface area contributed by atoms with Crippen molar-refractivity contribution < 1.29 is 9.59 Å². The fraction of sp³-hybridized carbons (Fsp3) is 0.368. The van der Waals surface area contributed by atoms with Crippen molar-refractivity contribution in [2.24, 2.45) is 5.73 Å². The molecule has 1 aliphatic heterocycles. The number of hydrogen-bond acceptors (Lipinski definition) is 2. The second-order valence-electron chi connectivity index (χ2n) is 6.80. The predicted molar refractivity (Wildman–Crippen MR) is 92.3 cm³/mol. The Bertz CT molecular complexity index is 808. The Morgan fingerprint density at radius 3 is 2.62 bits per heavy atom. The molecule has 0 spiro atoms. The Morgan fingerprint density at radius 2 is 1.88 bits per heavy atom. The van der Waals surface area contributed by atoms with Crippen molar-refractivity contribution in [1.29, 1.82) is 0 Å². The van der Waals surface area contributed by atoms with Gasteiger partial charge in [-0.15, -0.1) is 0 Å². The highest BCUT2D eigenvalue weighted by molar-refractivity contribution is 5.94. The van der Waals surface area contributed by atoms with Gasteiger partial charge in [-0.2, -0.15) is 0 Å². The van der Waals surface area contributed by atoms with Crippen LogP contribution >= 0.6 is 0 Å². The lowest BCUT2D eigenvalue weighted by Crippen LogP contribution is -2.51. The summed E-state index contributed by atoms with van der Waals surface area (Å²) >= 11 is 0. The Hall–Kier alpha value is -2.56. The molecule has 2 aromatic carbocycles. The Kier molecular flexibility index (Phi) is 3.44. The van der Waals surface area contributed by atoms with E-state index in [4.69, 9.17) is 5.73 Å². The standard InChI is InChI=1S/C19H21N3O2/c20-18(24)21-19(10-11-19)17(23)22-12-4-9-16(22)15-8-3-6-13-5-1-2-7-14(13)15/h1-3,5-8,16H,4,9-12H2,(H3,20,21,24)/t16-/m1/s1. The van der Waals surface area contributed by atoms with Gasteiger partial charge < -0.3 is 16.0 Å². The second-order valence-corrected chi connectivity index (χ2v) is 6.80. The molecule has 4 rings (SSSR count). The van der Waals surface area contributed by atoms with Gasteiger partial charge in [0, 0.05) is 6.54 Å². The van der Waals surface area contributed by atoms with E-state index >= 15 is 0 Å². The van der Waals surface area contributed by atoms with Crippen molar-refractivity contribution in [3.63, 3.8) is 0 Å². The van der Waals surface area contributed by atoms with Gasteiger partial charge in [0.1, 0.15) is 5.54 Å². The molecule has 1 heterocycles. The topological polar surface area (TPSA) is 75.4 Å². The first-order chi connectivity index (χ1) is 11.6. The highest BCUT2D eigenvalue weighted by atomic mass is 16.2. The highest BCUT2D eigenvalue weighted by Gasteiger charge is 2.54. The zero-order chi connectivity index (χ0) is 16.7. The molecule has 2 fully saturated rings. The summed E-state index contributed by atoms with van der Waals surface area (Å²) in [5.74, 6) is 0.0109. The van der Waals surface area contributed by atoms with E-state index < -0.39 is 11.6 Å². The zero-order valence-electron chi connectivity index (χ0n) is 13.5. The minimum absolute atomic E-state index is 0.0109. The molecule has 0 aromatic heterocycles. The minimum atomic E-state index is -0.765. The number of nitrogens with one attached hydrogen (secondary N) is 1. The molecule has 5 nitrogen and oxygen atoms in total. The summed E-state index contributed by atoms with van der Waals surface area (Å²) in [4.78, 5) is 26.2. The average Bonchev–Trinajstić information content (AvgIpc) is 3.19. The van der Waals surface area contributed by atoms with Crippen LogP contribution in [-0.4, -0.2) is 28.9 Å². The molecule has 1 atom stereocenters. The molecular weight excluding hydrogens is 302 g/mol. The number of nitrogens with two attached hydrogens (primary N) is 1. The first-order valence-corrected chi connectivity index (χ1v) is 8.47. The average molecular weight is 323 g/mol. The van der Waals surface area contributed by atoms with Crippen LogP contribution in [0.4, 0.5) is 4.79 Å². The van der Waals surface area contributed by atoms with Crippen LogP contribution in [0.25, 0.3) is 10.8 Å². The number of carbonyl (C=O) groups excluding carboxylic acids is 2. The van der Waals surface area contributed by atoms with E-state index in [1.165, 1.54) is 16.3 Å². The van der Waals surface area contributed by atoms with E-state index in [2.05, 4.69) is 29.6 Å². The monoisotopic (exact) mass is 323 g/mol. The number of hydrogen-bond donors (Lipinski definition) is 2. The van der Waals surface area contributed by atoms with Gasteiger partial charge in [0.2, 0.25) is 5.91 Å². The number of likely N-dealkylation sites (tertiary alicyclic amines) is 1. The lowest BCUT2D eigenvalue weighted by molar-refractivity contribution is -0.135. The number of benzene rings is 2. The summed E-state index contributed by atoms with van der Waals surface area (Å²) in [6, 6.07) is 14.0. The molecule has 24 heavy (non-hydrogen) atoms. The SMILES string of the molecule is NC(=O)NC1(C(=O)N2CCC[C@@H]2c2cccc3ccccc23)CC1. The molecule has 1 aliphatic carbocycles. The third kappa shape index (κ3) is 2.40. The van der Waals surface area contributed by atoms with Gasteiger partial charge in [-0.3, -0.25) is 4.79 Å². The molecule has 5 heteroatoms. The summed E-state index contributed by atoms with van der Waals surface area (Å²) < 4.78 is 0. The van der Waals surface area contributed by atoms with Gasteiger partial charge in [-0.25, -0.2) is 4.79 Å². The van der Waals surface area contributed by atoms with Crippen molar-refractivity contribution in [3.8, 4) is 0 Å². The molecule has 2 aromatic rings. The highest BCUT2D eigenvalue weighted by Crippen LogP contribution is 2.43. The van der Waals surface area contributed by atoms with Gasteiger partial charge in [0.05, 0.1) is 6.04 Å². The molecule has 1 saturated carbocycles. The lowest BCUT2D eigenvalue weighted by atomic mass is 9.97. The van der Waals surface area contributed by atoms with Gasteiger partial charge in [0.25, 0.3) is 0 Å². The van der Waals surface area contributed by atoms with Gasteiger partial charge in [-0.05, 0) is 42.0 Å².